The van der Waals surface area contributed by atoms with Gasteiger partial charge >= 0.3 is 0 Å². The van der Waals surface area contributed by atoms with Gasteiger partial charge in [0, 0.05) is 42.7 Å². The van der Waals surface area contributed by atoms with Crippen molar-refractivity contribution in [1.82, 2.24) is 25.1 Å². The molecular weight excluding hydrogens is 466 g/mol. The molecule has 2 aromatic heterocycles. The Balaban J connectivity index is 1.22. The third-order valence-corrected chi connectivity index (χ3v) is 7.65. The van der Waals surface area contributed by atoms with Gasteiger partial charge in [0.1, 0.15) is 0 Å². The Morgan fingerprint density at radius 2 is 1.95 bits per heavy atom. The lowest BCUT2D eigenvalue weighted by atomic mass is 9.74. The van der Waals surface area contributed by atoms with Crippen LogP contribution in [0.25, 0.3) is 0 Å². The smallest absolute Gasteiger partial charge is 0.254 e. The summed E-state index contributed by atoms with van der Waals surface area (Å²) >= 11 is 0. The third-order valence-electron chi connectivity index (χ3n) is 7.65. The Kier molecular flexibility index (Phi) is 6.50. The molecule has 0 bridgehead atoms. The predicted molar refractivity (Wildman–Crippen MR) is 138 cm³/mol. The summed E-state index contributed by atoms with van der Waals surface area (Å²) < 4.78 is 1.75. The highest BCUT2D eigenvalue weighted by molar-refractivity contribution is 5.95. The molecule has 1 saturated heterocycles. The number of carbonyl (C=O) groups is 2. The van der Waals surface area contributed by atoms with Crippen LogP contribution in [0, 0.1) is 31.1 Å². The van der Waals surface area contributed by atoms with Gasteiger partial charge in [0.15, 0.2) is 0 Å². The third kappa shape index (κ3) is 4.71. The van der Waals surface area contributed by atoms with Crippen molar-refractivity contribution in [2.45, 2.75) is 65.0 Å². The van der Waals surface area contributed by atoms with Gasteiger partial charge in [-0.2, -0.15) is 10.4 Å². The lowest BCUT2D eigenvalue weighted by Gasteiger charge is -2.36. The van der Waals surface area contributed by atoms with Gasteiger partial charge in [-0.25, -0.2) is 9.97 Å². The Morgan fingerprint density at radius 1 is 1.22 bits per heavy atom. The van der Waals surface area contributed by atoms with E-state index in [1.807, 2.05) is 39.8 Å². The minimum atomic E-state index is -0.179. The standard InChI is InChI=1S/C28H31N7O2/c1-16-5-6-20(12-29)24(9-16)21-10-23(11-21)32-26(36)25-15-35(33-18(25)3)19(4)22-13-30-28(31-14-22)34-8-7-17(2)27(34)37/h5-6,9,13-15,17,19,21,23H,7-8,10-11H2,1-4H3,(H,32,36)/t17-,19?,21?,23?/m0/s1. The van der Waals surface area contributed by atoms with Crippen LogP contribution in [0.5, 0.6) is 0 Å². The minimum absolute atomic E-state index is 0.00203. The van der Waals surface area contributed by atoms with Crippen LogP contribution in [0.15, 0.2) is 36.8 Å². The SMILES string of the molecule is Cc1ccc(C#N)c(C2CC(NC(=O)c3cn(C(C)c4cnc(N5CC[C@H](C)C5=O)nc4)nc3C)C2)c1. The zero-order chi connectivity index (χ0) is 26.3. The molecule has 9 heteroatoms. The van der Waals surface area contributed by atoms with E-state index < -0.39 is 0 Å². The molecule has 1 aliphatic heterocycles. The van der Waals surface area contributed by atoms with Crippen LogP contribution < -0.4 is 10.2 Å². The molecule has 0 radical (unpaired) electrons. The number of carbonyl (C=O) groups excluding carboxylic acids is 2. The average Bonchev–Trinajstić information content (AvgIpc) is 3.42. The largest absolute Gasteiger partial charge is 0.349 e. The molecule has 1 aliphatic carbocycles. The molecule has 2 amide bonds. The zero-order valence-electron chi connectivity index (χ0n) is 21.6. The number of aromatic nitrogens is 4. The highest BCUT2D eigenvalue weighted by Gasteiger charge is 2.34. The summed E-state index contributed by atoms with van der Waals surface area (Å²) in [5.41, 5.74) is 4.95. The van der Waals surface area contributed by atoms with Crippen LogP contribution >= 0.6 is 0 Å². The molecule has 1 saturated carbocycles. The second kappa shape index (κ2) is 9.77. The molecule has 37 heavy (non-hydrogen) atoms. The van der Waals surface area contributed by atoms with Crippen LogP contribution in [0.4, 0.5) is 5.95 Å². The van der Waals surface area contributed by atoms with E-state index in [0.29, 0.717) is 29.3 Å². The first-order valence-electron chi connectivity index (χ1n) is 12.8. The van der Waals surface area contributed by atoms with E-state index in [-0.39, 0.29) is 35.7 Å². The lowest BCUT2D eigenvalue weighted by molar-refractivity contribution is -0.119. The Bertz CT molecular complexity index is 1380. The Hall–Kier alpha value is -4.06. The number of amides is 2. The summed E-state index contributed by atoms with van der Waals surface area (Å²) in [5.74, 6) is 0.625. The molecule has 2 fully saturated rings. The van der Waals surface area contributed by atoms with E-state index in [0.717, 1.165) is 36.0 Å². The van der Waals surface area contributed by atoms with Crippen LogP contribution in [0.3, 0.4) is 0 Å². The summed E-state index contributed by atoms with van der Waals surface area (Å²) in [7, 11) is 0. The van der Waals surface area contributed by atoms with Gasteiger partial charge in [0.05, 0.1) is 28.9 Å². The van der Waals surface area contributed by atoms with E-state index in [1.165, 1.54) is 0 Å². The number of nitriles is 1. The maximum atomic E-state index is 13.0. The number of aryl methyl sites for hydroxylation is 2. The Morgan fingerprint density at radius 3 is 2.59 bits per heavy atom. The van der Waals surface area contributed by atoms with Gasteiger partial charge in [-0.1, -0.05) is 24.6 Å². The van der Waals surface area contributed by atoms with Gasteiger partial charge in [0.25, 0.3) is 5.91 Å². The molecule has 0 spiro atoms. The fourth-order valence-corrected chi connectivity index (χ4v) is 5.14. The molecule has 9 nitrogen and oxygen atoms in total. The van der Waals surface area contributed by atoms with Crippen molar-refractivity contribution in [3.05, 3.63) is 70.3 Å². The van der Waals surface area contributed by atoms with Crippen molar-refractivity contribution in [3.63, 3.8) is 0 Å². The average molecular weight is 498 g/mol. The normalized spacial score (nSPS) is 21.9. The van der Waals surface area contributed by atoms with Crippen molar-refractivity contribution in [2.24, 2.45) is 5.92 Å². The summed E-state index contributed by atoms with van der Waals surface area (Å²) in [4.78, 5) is 35.8. The molecule has 3 heterocycles. The fraction of sp³-hybridized carbons (Fsp3) is 0.429. The van der Waals surface area contributed by atoms with E-state index in [2.05, 4.69) is 32.5 Å². The number of rotatable bonds is 6. The summed E-state index contributed by atoms with van der Waals surface area (Å²) in [6, 6.07) is 8.09. The van der Waals surface area contributed by atoms with Crippen LogP contribution in [0.1, 0.15) is 83.4 Å². The second-order valence-corrected chi connectivity index (χ2v) is 10.3. The molecule has 2 aliphatic rings. The van der Waals surface area contributed by atoms with Crippen molar-refractivity contribution in [1.29, 1.82) is 5.26 Å². The van der Waals surface area contributed by atoms with E-state index >= 15 is 0 Å². The fourth-order valence-electron chi connectivity index (χ4n) is 5.14. The molecular formula is C28H31N7O2. The highest BCUT2D eigenvalue weighted by atomic mass is 16.2. The van der Waals surface area contributed by atoms with E-state index in [9.17, 15) is 14.9 Å². The molecule has 1 unspecified atom stereocenters. The van der Waals surface area contributed by atoms with Crippen molar-refractivity contribution in [3.8, 4) is 6.07 Å². The van der Waals surface area contributed by atoms with Gasteiger partial charge in [-0.3, -0.25) is 19.2 Å². The zero-order valence-corrected chi connectivity index (χ0v) is 21.6. The maximum Gasteiger partial charge on any atom is 0.254 e. The first-order chi connectivity index (χ1) is 17.7. The number of nitrogens with one attached hydrogen (secondary N) is 1. The summed E-state index contributed by atoms with van der Waals surface area (Å²) in [5, 5.41) is 17.1. The topological polar surface area (TPSA) is 117 Å². The first-order valence-corrected chi connectivity index (χ1v) is 12.8. The molecule has 2 atom stereocenters. The number of nitrogens with zero attached hydrogens (tertiary/aromatic N) is 6. The van der Waals surface area contributed by atoms with Crippen molar-refractivity contribution < 1.29 is 9.59 Å². The number of hydrogen-bond donors (Lipinski definition) is 1. The molecule has 1 aromatic carbocycles. The molecule has 1 N–H and O–H groups in total. The summed E-state index contributed by atoms with van der Waals surface area (Å²) in [6.07, 6.45) is 7.64. The van der Waals surface area contributed by atoms with Gasteiger partial charge in [-0.15, -0.1) is 0 Å². The number of benzene rings is 1. The van der Waals surface area contributed by atoms with Gasteiger partial charge in [0.2, 0.25) is 11.9 Å². The summed E-state index contributed by atoms with van der Waals surface area (Å²) in [6.45, 7) is 8.38. The number of hydrogen-bond acceptors (Lipinski definition) is 6. The molecule has 5 rings (SSSR count). The van der Waals surface area contributed by atoms with Gasteiger partial charge in [-0.05, 0) is 57.6 Å². The molecule has 190 valence electrons. The molecule has 3 aromatic rings. The number of anilines is 1. The van der Waals surface area contributed by atoms with Crippen LogP contribution in [-0.2, 0) is 4.79 Å². The van der Waals surface area contributed by atoms with E-state index in [1.54, 1.807) is 28.2 Å². The maximum absolute atomic E-state index is 13.0. The van der Waals surface area contributed by atoms with Crippen molar-refractivity contribution in [2.75, 3.05) is 11.4 Å². The van der Waals surface area contributed by atoms with Crippen LogP contribution in [-0.4, -0.2) is 44.1 Å². The minimum Gasteiger partial charge on any atom is -0.349 e. The highest BCUT2D eigenvalue weighted by Crippen LogP contribution is 2.39. The lowest BCUT2D eigenvalue weighted by Crippen LogP contribution is -2.43. The monoisotopic (exact) mass is 497 g/mol. The van der Waals surface area contributed by atoms with Crippen molar-refractivity contribution >= 4 is 17.8 Å². The van der Waals surface area contributed by atoms with Crippen LogP contribution in [0.2, 0.25) is 0 Å². The van der Waals surface area contributed by atoms with E-state index in [4.69, 9.17) is 0 Å². The first kappa shape index (κ1) is 24.6. The predicted octanol–water partition coefficient (Wildman–Crippen LogP) is 3.82. The second-order valence-electron chi connectivity index (χ2n) is 10.3. The quantitative estimate of drug-likeness (QED) is 0.553. The van der Waals surface area contributed by atoms with Gasteiger partial charge < -0.3 is 5.32 Å². The Labute approximate surface area is 216 Å².